The number of nitrogens with zero attached hydrogens (tertiary/aromatic N) is 8. The van der Waals surface area contributed by atoms with Gasteiger partial charge in [-0.05, 0) is 25.0 Å². The number of aryl methyl sites for hydroxylation is 1. The number of carbonyl (C=O) groups is 1. The van der Waals surface area contributed by atoms with Gasteiger partial charge in [-0.1, -0.05) is 0 Å². The monoisotopic (exact) mass is 382 g/mol. The minimum Gasteiger partial charge on any atom is -0.479 e. The van der Waals surface area contributed by atoms with Gasteiger partial charge < -0.3 is 14.5 Å². The van der Waals surface area contributed by atoms with Gasteiger partial charge in [0.15, 0.2) is 11.5 Å². The van der Waals surface area contributed by atoms with Crippen LogP contribution in [0.4, 0.5) is 5.82 Å². The van der Waals surface area contributed by atoms with Crippen LogP contribution >= 0.6 is 0 Å². The standard InChI is InChI=1S/C18H22N8O2/c1-23-10-13(17(22-23)28-3)18(27)24(2)12-8-25(9-12)15-7-6-14-19-20-16(11-4-5-11)26(14)21-15/h6-7,10-12H,4-5,8-9H2,1-3H3. The molecule has 3 aromatic rings. The average Bonchev–Trinajstić information content (AvgIpc) is 3.30. The van der Waals surface area contributed by atoms with Gasteiger partial charge in [0.05, 0.1) is 13.2 Å². The lowest BCUT2D eigenvalue weighted by atomic mass is 10.1. The maximum atomic E-state index is 12.8. The van der Waals surface area contributed by atoms with Crippen LogP contribution in [0.5, 0.6) is 5.88 Å². The fraction of sp³-hybridized carbons (Fsp3) is 0.500. The minimum atomic E-state index is -0.0900. The first-order valence-corrected chi connectivity index (χ1v) is 9.37. The molecule has 1 aliphatic heterocycles. The predicted octanol–water partition coefficient (Wildman–Crippen LogP) is 0.705. The topological polar surface area (TPSA) is 93.7 Å². The smallest absolute Gasteiger partial charge is 0.261 e. The van der Waals surface area contributed by atoms with Gasteiger partial charge in [0.2, 0.25) is 5.88 Å². The van der Waals surface area contributed by atoms with Gasteiger partial charge in [-0.2, -0.15) is 4.52 Å². The summed E-state index contributed by atoms with van der Waals surface area (Å²) in [6.07, 6.45) is 4.00. The molecular weight excluding hydrogens is 360 g/mol. The second kappa shape index (κ2) is 6.18. The number of methoxy groups -OCH3 is 1. The molecule has 28 heavy (non-hydrogen) atoms. The van der Waals surface area contributed by atoms with Crippen molar-refractivity contribution >= 4 is 17.4 Å². The SMILES string of the molecule is COc1nn(C)cc1C(=O)N(C)C1CN(c2ccc3nnc(C4CC4)n3n2)C1. The van der Waals surface area contributed by atoms with E-state index in [-0.39, 0.29) is 11.9 Å². The first-order chi connectivity index (χ1) is 13.5. The third-order valence-corrected chi connectivity index (χ3v) is 5.49. The van der Waals surface area contributed by atoms with Crippen molar-refractivity contribution in [2.45, 2.75) is 24.8 Å². The minimum absolute atomic E-state index is 0.0900. The third kappa shape index (κ3) is 2.67. The third-order valence-electron chi connectivity index (χ3n) is 5.49. The predicted molar refractivity (Wildman–Crippen MR) is 101 cm³/mol. The molecule has 10 nitrogen and oxygen atoms in total. The van der Waals surface area contributed by atoms with Gasteiger partial charge in [0.25, 0.3) is 5.91 Å². The molecule has 1 amide bonds. The second-order valence-electron chi connectivity index (χ2n) is 7.49. The Bertz CT molecular complexity index is 1050. The van der Waals surface area contributed by atoms with E-state index in [0.717, 1.165) is 43.2 Å². The van der Waals surface area contributed by atoms with Crippen LogP contribution in [0.15, 0.2) is 18.3 Å². The quantitative estimate of drug-likeness (QED) is 0.641. The molecule has 1 aliphatic carbocycles. The zero-order valence-electron chi connectivity index (χ0n) is 16.1. The van der Waals surface area contributed by atoms with Crippen molar-refractivity contribution in [3.05, 3.63) is 29.7 Å². The van der Waals surface area contributed by atoms with E-state index in [2.05, 4.69) is 20.2 Å². The van der Waals surface area contributed by atoms with E-state index in [9.17, 15) is 4.79 Å². The molecule has 1 saturated carbocycles. The largest absolute Gasteiger partial charge is 0.479 e. The number of fused-ring (bicyclic) bond motifs is 1. The molecular formula is C18H22N8O2. The van der Waals surface area contributed by atoms with Crippen molar-refractivity contribution in [1.82, 2.24) is 34.5 Å². The molecule has 4 heterocycles. The summed E-state index contributed by atoms with van der Waals surface area (Å²) in [6, 6.07) is 4.02. The van der Waals surface area contributed by atoms with Crippen LogP contribution in [0.3, 0.4) is 0 Å². The zero-order valence-corrected chi connectivity index (χ0v) is 16.1. The molecule has 0 N–H and O–H groups in total. The number of carbonyl (C=O) groups excluding carboxylic acids is 1. The summed E-state index contributed by atoms with van der Waals surface area (Å²) >= 11 is 0. The highest BCUT2D eigenvalue weighted by Gasteiger charge is 2.36. The highest BCUT2D eigenvalue weighted by atomic mass is 16.5. The van der Waals surface area contributed by atoms with Gasteiger partial charge in [-0.25, -0.2) is 0 Å². The zero-order chi connectivity index (χ0) is 19.4. The highest BCUT2D eigenvalue weighted by molar-refractivity contribution is 5.96. The number of hydrogen-bond donors (Lipinski definition) is 0. The summed E-state index contributed by atoms with van der Waals surface area (Å²) in [6.45, 7) is 1.45. The summed E-state index contributed by atoms with van der Waals surface area (Å²) < 4.78 is 8.66. The van der Waals surface area contributed by atoms with Crippen LogP contribution in [0.2, 0.25) is 0 Å². The first-order valence-electron chi connectivity index (χ1n) is 9.37. The lowest BCUT2D eigenvalue weighted by Gasteiger charge is -2.44. The number of aromatic nitrogens is 6. The highest BCUT2D eigenvalue weighted by Crippen LogP contribution is 2.38. The van der Waals surface area contributed by atoms with Gasteiger partial charge in [-0.3, -0.25) is 9.48 Å². The Morgan fingerprint density at radius 1 is 1.21 bits per heavy atom. The van der Waals surface area contributed by atoms with E-state index in [1.165, 1.54) is 7.11 Å². The first kappa shape index (κ1) is 17.0. The Hall–Kier alpha value is -3.17. The number of amides is 1. The molecule has 0 bridgehead atoms. The summed E-state index contributed by atoms with van der Waals surface area (Å²) in [5.74, 6) is 2.57. The molecule has 0 radical (unpaired) electrons. The number of rotatable bonds is 5. The summed E-state index contributed by atoms with van der Waals surface area (Å²) in [4.78, 5) is 16.7. The van der Waals surface area contributed by atoms with E-state index in [4.69, 9.17) is 9.84 Å². The van der Waals surface area contributed by atoms with Crippen molar-refractivity contribution in [2.24, 2.45) is 7.05 Å². The van der Waals surface area contributed by atoms with Crippen molar-refractivity contribution in [3.8, 4) is 5.88 Å². The van der Waals surface area contributed by atoms with Crippen LogP contribution in [0.25, 0.3) is 5.65 Å². The molecule has 0 spiro atoms. The molecule has 2 fully saturated rings. The number of ether oxygens (including phenoxy) is 1. The van der Waals surface area contributed by atoms with Crippen LogP contribution in [0.1, 0.15) is 34.9 Å². The van der Waals surface area contributed by atoms with E-state index in [1.807, 2.05) is 23.7 Å². The van der Waals surface area contributed by atoms with Crippen LogP contribution in [-0.4, -0.2) is 73.7 Å². The fourth-order valence-electron chi connectivity index (χ4n) is 3.57. The van der Waals surface area contributed by atoms with Crippen LogP contribution < -0.4 is 9.64 Å². The van der Waals surface area contributed by atoms with Crippen LogP contribution in [-0.2, 0) is 7.05 Å². The normalized spacial score (nSPS) is 17.0. The van der Waals surface area contributed by atoms with Crippen molar-refractivity contribution < 1.29 is 9.53 Å². The van der Waals surface area contributed by atoms with Gasteiger partial charge >= 0.3 is 0 Å². The molecule has 0 aromatic carbocycles. The average molecular weight is 382 g/mol. The van der Waals surface area contributed by atoms with Crippen molar-refractivity contribution in [2.75, 3.05) is 32.1 Å². The summed E-state index contributed by atoms with van der Waals surface area (Å²) in [5.41, 5.74) is 1.25. The van der Waals surface area contributed by atoms with Crippen molar-refractivity contribution in [1.29, 1.82) is 0 Å². The lowest BCUT2D eigenvalue weighted by Crippen LogP contribution is -2.60. The Kier molecular flexibility index (Phi) is 3.74. The molecule has 5 rings (SSSR count). The van der Waals surface area contributed by atoms with E-state index in [1.54, 1.807) is 22.8 Å². The molecule has 2 aliphatic rings. The van der Waals surface area contributed by atoms with E-state index in [0.29, 0.717) is 17.4 Å². The Morgan fingerprint density at radius 3 is 2.71 bits per heavy atom. The maximum absolute atomic E-state index is 12.8. The Balaban J connectivity index is 1.29. The molecule has 146 valence electrons. The number of hydrogen-bond acceptors (Lipinski definition) is 7. The molecule has 0 atom stereocenters. The number of likely N-dealkylation sites (N-methyl/N-ethyl adjacent to an activating group) is 1. The van der Waals surface area contributed by atoms with Gasteiger partial charge in [0.1, 0.15) is 11.4 Å². The van der Waals surface area contributed by atoms with E-state index >= 15 is 0 Å². The maximum Gasteiger partial charge on any atom is 0.261 e. The molecule has 0 unspecified atom stereocenters. The number of anilines is 1. The molecule has 3 aromatic heterocycles. The summed E-state index contributed by atoms with van der Waals surface area (Å²) in [7, 11) is 5.11. The van der Waals surface area contributed by atoms with Crippen LogP contribution in [0, 0.1) is 0 Å². The Labute approximate surface area is 161 Å². The summed E-state index contributed by atoms with van der Waals surface area (Å²) in [5, 5.41) is 17.4. The van der Waals surface area contributed by atoms with Gasteiger partial charge in [0, 0.05) is 39.3 Å². The molecule has 1 saturated heterocycles. The lowest BCUT2D eigenvalue weighted by molar-refractivity contribution is 0.0701. The van der Waals surface area contributed by atoms with Crippen molar-refractivity contribution in [3.63, 3.8) is 0 Å². The van der Waals surface area contributed by atoms with Gasteiger partial charge in [-0.15, -0.1) is 20.4 Å². The second-order valence-corrected chi connectivity index (χ2v) is 7.49. The Morgan fingerprint density at radius 2 is 2.00 bits per heavy atom. The molecule has 10 heteroatoms. The van der Waals surface area contributed by atoms with E-state index < -0.39 is 0 Å². The fourth-order valence-corrected chi connectivity index (χ4v) is 3.57.